The molecule has 76 valence electrons. The van der Waals surface area contributed by atoms with Crippen LogP contribution in [0.15, 0.2) is 29.2 Å². The third kappa shape index (κ3) is 2.37. The monoisotopic (exact) mass is 254 g/mol. The van der Waals surface area contributed by atoms with Gasteiger partial charge in [0.05, 0.1) is 10.5 Å². The minimum atomic E-state index is -3.98. The van der Waals surface area contributed by atoms with Crippen molar-refractivity contribution in [1.82, 2.24) is 0 Å². The summed E-state index contributed by atoms with van der Waals surface area (Å²) in [6.45, 7) is 0. The molecule has 0 amide bonds. The van der Waals surface area contributed by atoms with Gasteiger partial charge in [-0.2, -0.15) is 0 Å². The molecule has 0 heterocycles. The molecule has 0 aliphatic carbocycles. The van der Waals surface area contributed by atoms with Crippen LogP contribution in [0, 0.1) is 0 Å². The van der Waals surface area contributed by atoms with Crippen LogP contribution < -0.4 is 0 Å². The molecular formula is C7H4Cl2O4S. The van der Waals surface area contributed by atoms with Gasteiger partial charge in [0, 0.05) is 10.7 Å². The average Bonchev–Trinajstić information content (AvgIpc) is 2.15. The van der Waals surface area contributed by atoms with Crippen LogP contribution in [-0.4, -0.2) is 14.4 Å². The van der Waals surface area contributed by atoms with E-state index >= 15 is 0 Å². The van der Waals surface area contributed by atoms with Crippen LogP contribution in [0.5, 0.6) is 0 Å². The Morgan fingerprint density at radius 3 is 2.36 bits per heavy atom. The maximum atomic E-state index is 11.0. The summed E-state index contributed by atoms with van der Waals surface area (Å²) in [4.78, 5) is 10.7. The van der Waals surface area contributed by atoms with Crippen molar-refractivity contribution in [2.24, 2.45) is 0 Å². The van der Waals surface area contributed by atoms with E-state index in [9.17, 15) is 13.2 Å². The fourth-order valence-electron chi connectivity index (χ4n) is 0.889. The first-order chi connectivity index (χ1) is 6.46. The second-order valence-electron chi connectivity index (χ2n) is 2.30. The van der Waals surface area contributed by atoms with E-state index in [0.29, 0.717) is 0 Å². The van der Waals surface area contributed by atoms with Crippen molar-refractivity contribution in [2.45, 2.75) is 4.90 Å². The summed E-state index contributed by atoms with van der Waals surface area (Å²) in [7, 11) is 1.11. The van der Waals surface area contributed by atoms with E-state index in [-0.39, 0.29) is 10.5 Å². The smallest absolute Gasteiger partial charge is 0.343 e. The van der Waals surface area contributed by atoms with Crippen LogP contribution in [0.1, 0.15) is 10.4 Å². The molecule has 0 aliphatic rings. The van der Waals surface area contributed by atoms with E-state index < -0.39 is 15.0 Å². The normalized spacial score (nSPS) is 11.0. The quantitative estimate of drug-likeness (QED) is 0.757. The Bertz CT molecular complexity index is 455. The van der Waals surface area contributed by atoms with Gasteiger partial charge >= 0.3 is 5.97 Å². The number of carbonyl (C=O) groups excluding carboxylic acids is 1. The third-order valence-corrected chi connectivity index (χ3v) is 2.96. The lowest BCUT2D eigenvalue weighted by atomic mass is 10.2. The van der Waals surface area contributed by atoms with E-state index in [0.717, 1.165) is 0 Å². The van der Waals surface area contributed by atoms with Gasteiger partial charge < -0.3 is 4.29 Å². The molecule has 1 aromatic carbocycles. The van der Waals surface area contributed by atoms with Crippen LogP contribution in [-0.2, 0) is 13.3 Å². The molecule has 0 saturated carbocycles. The van der Waals surface area contributed by atoms with Crippen molar-refractivity contribution < 1.29 is 17.5 Å². The van der Waals surface area contributed by atoms with E-state index in [1.165, 1.54) is 24.3 Å². The van der Waals surface area contributed by atoms with Crippen molar-refractivity contribution in [3.8, 4) is 0 Å². The molecule has 0 atom stereocenters. The highest BCUT2D eigenvalue weighted by atomic mass is 35.7. The summed E-state index contributed by atoms with van der Waals surface area (Å²) in [6.07, 6.45) is 0. The zero-order chi connectivity index (χ0) is 10.8. The molecule has 0 aromatic heterocycles. The molecule has 0 saturated heterocycles. The van der Waals surface area contributed by atoms with Gasteiger partial charge in [0.2, 0.25) is 0 Å². The Morgan fingerprint density at radius 1 is 1.29 bits per heavy atom. The number of carbonyl (C=O) groups is 1. The molecule has 0 N–H and O–H groups in total. The topological polar surface area (TPSA) is 60.4 Å². The van der Waals surface area contributed by atoms with Crippen LogP contribution in [0.3, 0.4) is 0 Å². The lowest BCUT2D eigenvalue weighted by Gasteiger charge is -2.01. The molecule has 1 rings (SSSR count). The molecule has 4 nitrogen and oxygen atoms in total. The lowest BCUT2D eigenvalue weighted by molar-refractivity contribution is 0.0747. The fraction of sp³-hybridized carbons (Fsp3) is 0. The maximum Gasteiger partial charge on any atom is 0.357 e. The highest BCUT2D eigenvalue weighted by Gasteiger charge is 2.20. The number of rotatable bonds is 2. The predicted octanol–water partition coefficient (Wildman–Crippen LogP) is 1.92. The first kappa shape index (κ1) is 11.3. The molecular weight excluding hydrogens is 251 g/mol. The highest BCUT2D eigenvalue weighted by molar-refractivity contribution is 8.13. The van der Waals surface area contributed by atoms with E-state index in [4.69, 9.17) is 22.5 Å². The second kappa shape index (κ2) is 4.16. The van der Waals surface area contributed by atoms with Crippen molar-refractivity contribution in [1.29, 1.82) is 0 Å². The van der Waals surface area contributed by atoms with Gasteiger partial charge in [-0.25, -0.2) is 13.2 Å². The van der Waals surface area contributed by atoms with E-state index in [1.54, 1.807) is 0 Å². The van der Waals surface area contributed by atoms with Crippen LogP contribution in [0.25, 0.3) is 0 Å². The summed E-state index contributed by atoms with van der Waals surface area (Å²) < 4.78 is 25.9. The zero-order valence-electron chi connectivity index (χ0n) is 6.61. The maximum absolute atomic E-state index is 11.0. The van der Waals surface area contributed by atoms with Crippen molar-refractivity contribution >= 4 is 37.6 Å². The van der Waals surface area contributed by atoms with Gasteiger partial charge in [0.15, 0.2) is 0 Å². The fourth-order valence-corrected chi connectivity index (χ4v) is 2.03. The van der Waals surface area contributed by atoms with Crippen molar-refractivity contribution in [2.75, 3.05) is 0 Å². The Hall–Kier alpha value is -0.780. The summed E-state index contributed by atoms with van der Waals surface area (Å²) in [5.41, 5.74) is -0.197. The van der Waals surface area contributed by atoms with Gasteiger partial charge in [0.1, 0.15) is 11.9 Å². The zero-order valence-corrected chi connectivity index (χ0v) is 8.93. The van der Waals surface area contributed by atoms with Gasteiger partial charge in [-0.1, -0.05) is 12.1 Å². The summed E-state index contributed by atoms with van der Waals surface area (Å²) in [5, 5.41) is 0. The number of halogens is 2. The van der Waals surface area contributed by atoms with Crippen LogP contribution >= 0.6 is 22.5 Å². The molecule has 14 heavy (non-hydrogen) atoms. The third-order valence-electron chi connectivity index (χ3n) is 1.44. The Morgan fingerprint density at radius 2 is 1.86 bits per heavy atom. The minimum Gasteiger partial charge on any atom is -0.343 e. The SMILES string of the molecule is O=C(OCl)c1ccccc1S(=O)(=O)Cl. The standard InChI is InChI=1S/C7H4Cl2O4S/c8-13-7(10)5-3-1-2-4-6(5)14(9,11)12/h1-4H. The van der Waals surface area contributed by atoms with E-state index in [2.05, 4.69) is 4.29 Å². The predicted molar refractivity (Wildman–Crippen MR) is 50.7 cm³/mol. The average molecular weight is 255 g/mol. The molecule has 0 radical (unpaired) electrons. The van der Waals surface area contributed by atoms with Gasteiger partial charge in [0.25, 0.3) is 9.05 Å². The van der Waals surface area contributed by atoms with Gasteiger partial charge in [-0.05, 0) is 12.1 Å². The molecule has 7 heteroatoms. The molecule has 0 bridgehead atoms. The van der Waals surface area contributed by atoms with Crippen LogP contribution in [0.2, 0.25) is 0 Å². The molecule has 0 spiro atoms. The summed E-state index contributed by atoms with van der Waals surface area (Å²) in [6, 6.07) is 5.33. The molecule has 0 fully saturated rings. The molecule has 1 aromatic rings. The highest BCUT2D eigenvalue weighted by Crippen LogP contribution is 2.20. The first-order valence-corrected chi connectivity index (χ1v) is 5.95. The van der Waals surface area contributed by atoms with E-state index in [1.807, 2.05) is 0 Å². The van der Waals surface area contributed by atoms with Gasteiger partial charge in [-0.15, -0.1) is 0 Å². The number of hydrogen-bond acceptors (Lipinski definition) is 4. The number of hydrogen-bond donors (Lipinski definition) is 0. The lowest BCUT2D eigenvalue weighted by Crippen LogP contribution is -2.05. The molecule has 0 aliphatic heterocycles. The largest absolute Gasteiger partial charge is 0.357 e. The number of benzene rings is 1. The Kier molecular flexibility index (Phi) is 3.36. The summed E-state index contributed by atoms with van der Waals surface area (Å²) >= 11 is 4.82. The summed E-state index contributed by atoms with van der Waals surface area (Å²) in [5.74, 6) is -0.966. The second-order valence-corrected chi connectivity index (χ2v) is 4.99. The minimum absolute atomic E-state index is 0.197. The Balaban J connectivity index is 3.38. The van der Waals surface area contributed by atoms with Crippen LogP contribution in [0.4, 0.5) is 0 Å². The van der Waals surface area contributed by atoms with Crippen molar-refractivity contribution in [3.05, 3.63) is 29.8 Å². The Labute approximate surface area is 90.0 Å². The molecule has 0 unspecified atom stereocenters. The van der Waals surface area contributed by atoms with Gasteiger partial charge in [-0.3, -0.25) is 0 Å². The first-order valence-electron chi connectivity index (χ1n) is 3.33. The van der Waals surface area contributed by atoms with Crippen molar-refractivity contribution in [3.63, 3.8) is 0 Å².